The number of pyridine rings is 1. The standard InChI is InChI=1S/C26H35N3O4/c1-5-6-14-21(17-29(19-30)33-18-20-12-8-7-9-13-20)25(32)28-24(26(2,3)4)23(31)22-15-10-11-16-27-22/h7-13,15-16,19,21,24H,5-6,14,17-18H2,1-4H3,(H,28,32). The molecule has 33 heavy (non-hydrogen) atoms. The Kier molecular flexibility index (Phi) is 10.2. The Balaban J connectivity index is 2.12. The lowest BCUT2D eigenvalue weighted by Crippen LogP contribution is -2.52. The van der Waals surface area contributed by atoms with Gasteiger partial charge in [0.15, 0.2) is 0 Å². The zero-order chi connectivity index (χ0) is 24.3. The molecule has 0 aliphatic carbocycles. The van der Waals surface area contributed by atoms with E-state index in [-0.39, 0.29) is 24.8 Å². The number of hydroxylamine groups is 2. The van der Waals surface area contributed by atoms with E-state index in [4.69, 9.17) is 4.84 Å². The van der Waals surface area contributed by atoms with Gasteiger partial charge in [0.05, 0.1) is 18.5 Å². The van der Waals surface area contributed by atoms with E-state index < -0.39 is 17.4 Å². The fourth-order valence-corrected chi connectivity index (χ4v) is 3.42. The fraction of sp³-hybridized carbons (Fsp3) is 0.462. The van der Waals surface area contributed by atoms with Gasteiger partial charge in [0.1, 0.15) is 12.3 Å². The van der Waals surface area contributed by atoms with Gasteiger partial charge in [-0.2, -0.15) is 0 Å². The number of hydrogen-bond donors (Lipinski definition) is 1. The van der Waals surface area contributed by atoms with Crippen LogP contribution in [0.5, 0.6) is 0 Å². The molecule has 1 N–H and O–H groups in total. The van der Waals surface area contributed by atoms with Crippen molar-refractivity contribution < 1.29 is 19.2 Å². The molecular formula is C26H35N3O4. The van der Waals surface area contributed by atoms with Crippen molar-refractivity contribution in [3.8, 4) is 0 Å². The van der Waals surface area contributed by atoms with Crippen LogP contribution in [-0.2, 0) is 21.0 Å². The van der Waals surface area contributed by atoms with Crippen LogP contribution in [0.4, 0.5) is 0 Å². The van der Waals surface area contributed by atoms with Crippen molar-refractivity contribution >= 4 is 18.1 Å². The van der Waals surface area contributed by atoms with Crippen LogP contribution in [0.1, 0.15) is 63.0 Å². The average molecular weight is 454 g/mol. The van der Waals surface area contributed by atoms with Crippen LogP contribution < -0.4 is 5.32 Å². The second-order valence-corrected chi connectivity index (χ2v) is 9.19. The smallest absolute Gasteiger partial charge is 0.233 e. The molecule has 0 aliphatic heterocycles. The molecule has 1 aromatic heterocycles. The van der Waals surface area contributed by atoms with Gasteiger partial charge in [-0.15, -0.1) is 0 Å². The molecule has 0 aliphatic rings. The molecule has 0 saturated heterocycles. The number of hydrogen-bond acceptors (Lipinski definition) is 5. The van der Waals surface area contributed by atoms with Gasteiger partial charge in [-0.1, -0.05) is 76.9 Å². The third-order valence-electron chi connectivity index (χ3n) is 5.37. The van der Waals surface area contributed by atoms with Crippen molar-refractivity contribution in [3.63, 3.8) is 0 Å². The number of benzene rings is 1. The van der Waals surface area contributed by atoms with E-state index >= 15 is 0 Å². The number of amides is 2. The molecule has 0 saturated carbocycles. The molecule has 0 radical (unpaired) electrons. The predicted molar refractivity (Wildman–Crippen MR) is 127 cm³/mol. The normalized spacial score (nSPS) is 13.1. The second kappa shape index (κ2) is 12.8. The molecule has 1 aromatic carbocycles. The molecule has 2 unspecified atom stereocenters. The van der Waals surface area contributed by atoms with E-state index in [2.05, 4.69) is 10.3 Å². The molecule has 178 valence electrons. The highest BCUT2D eigenvalue weighted by molar-refractivity contribution is 6.01. The Morgan fingerprint density at radius 3 is 2.39 bits per heavy atom. The maximum atomic E-state index is 13.3. The van der Waals surface area contributed by atoms with Gasteiger partial charge in [-0.3, -0.25) is 24.2 Å². The molecular weight excluding hydrogens is 418 g/mol. The van der Waals surface area contributed by atoms with Crippen LogP contribution in [0.15, 0.2) is 54.7 Å². The lowest BCUT2D eigenvalue weighted by Gasteiger charge is -2.32. The summed E-state index contributed by atoms with van der Waals surface area (Å²) in [5, 5.41) is 4.11. The Morgan fingerprint density at radius 2 is 1.82 bits per heavy atom. The van der Waals surface area contributed by atoms with Crippen molar-refractivity contribution in [2.75, 3.05) is 6.54 Å². The minimum absolute atomic E-state index is 0.108. The van der Waals surface area contributed by atoms with Crippen LogP contribution >= 0.6 is 0 Å². The minimum atomic E-state index is -0.751. The first-order chi connectivity index (χ1) is 15.8. The molecule has 0 bridgehead atoms. The highest BCUT2D eigenvalue weighted by Gasteiger charge is 2.35. The summed E-state index contributed by atoms with van der Waals surface area (Å²) in [6.07, 6.45) is 4.46. The number of rotatable bonds is 13. The van der Waals surface area contributed by atoms with Gasteiger partial charge in [0.2, 0.25) is 18.1 Å². The van der Waals surface area contributed by atoms with Gasteiger partial charge in [0, 0.05) is 6.20 Å². The second-order valence-electron chi connectivity index (χ2n) is 9.19. The van der Waals surface area contributed by atoms with E-state index in [9.17, 15) is 14.4 Å². The molecule has 7 heteroatoms. The largest absolute Gasteiger partial charge is 0.345 e. The van der Waals surface area contributed by atoms with Gasteiger partial charge in [-0.25, -0.2) is 5.06 Å². The maximum absolute atomic E-state index is 13.3. The first-order valence-corrected chi connectivity index (χ1v) is 11.4. The van der Waals surface area contributed by atoms with E-state index in [0.29, 0.717) is 18.5 Å². The summed E-state index contributed by atoms with van der Waals surface area (Å²) >= 11 is 0. The van der Waals surface area contributed by atoms with Crippen molar-refractivity contribution in [3.05, 3.63) is 66.0 Å². The van der Waals surface area contributed by atoms with Gasteiger partial charge in [0.25, 0.3) is 0 Å². The molecule has 0 spiro atoms. The SMILES string of the molecule is CCCCC(CN(C=O)OCc1ccccc1)C(=O)NC(C(=O)c1ccccn1)C(C)(C)C. The molecule has 2 atom stereocenters. The number of carbonyl (C=O) groups is 3. The molecule has 2 aromatic rings. The minimum Gasteiger partial charge on any atom is -0.345 e. The highest BCUT2D eigenvalue weighted by Crippen LogP contribution is 2.23. The van der Waals surface area contributed by atoms with Crippen molar-refractivity contribution in [2.24, 2.45) is 11.3 Å². The number of carbonyl (C=O) groups excluding carboxylic acids is 3. The lowest BCUT2D eigenvalue weighted by atomic mass is 9.82. The van der Waals surface area contributed by atoms with E-state index in [0.717, 1.165) is 18.4 Å². The third-order valence-corrected chi connectivity index (χ3v) is 5.37. The van der Waals surface area contributed by atoms with Crippen LogP contribution in [0.25, 0.3) is 0 Å². The van der Waals surface area contributed by atoms with E-state index in [1.165, 1.54) is 5.06 Å². The molecule has 2 rings (SSSR count). The summed E-state index contributed by atoms with van der Waals surface area (Å²) in [4.78, 5) is 47.8. The number of Topliss-reactive ketones (excluding diaryl/α,β-unsaturated/α-hetero) is 1. The Morgan fingerprint density at radius 1 is 1.12 bits per heavy atom. The third kappa shape index (κ3) is 8.42. The highest BCUT2D eigenvalue weighted by atomic mass is 16.7. The predicted octanol–water partition coefficient (Wildman–Crippen LogP) is 4.19. The average Bonchev–Trinajstić information content (AvgIpc) is 2.82. The number of aromatic nitrogens is 1. The monoisotopic (exact) mass is 453 g/mol. The summed E-state index contributed by atoms with van der Waals surface area (Å²) in [5.41, 5.74) is 0.712. The number of ketones is 1. The summed E-state index contributed by atoms with van der Waals surface area (Å²) in [5.74, 6) is -1.02. The van der Waals surface area contributed by atoms with Crippen molar-refractivity contribution in [1.29, 1.82) is 0 Å². The molecule has 7 nitrogen and oxygen atoms in total. The first-order valence-electron chi connectivity index (χ1n) is 11.4. The van der Waals surface area contributed by atoms with E-state index in [1.54, 1.807) is 24.4 Å². The van der Waals surface area contributed by atoms with Gasteiger partial charge in [-0.05, 0) is 29.5 Å². The molecule has 0 fully saturated rings. The van der Waals surface area contributed by atoms with Gasteiger partial charge >= 0.3 is 0 Å². The quantitative estimate of drug-likeness (QED) is 0.279. The summed E-state index contributed by atoms with van der Waals surface area (Å²) < 4.78 is 0. The molecule has 1 heterocycles. The summed E-state index contributed by atoms with van der Waals surface area (Å²) in [7, 11) is 0. The zero-order valence-electron chi connectivity index (χ0n) is 20.0. The Hall–Kier alpha value is -3.06. The van der Waals surface area contributed by atoms with Crippen LogP contribution in [0.2, 0.25) is 0 Å². The topological polar surface area (TPSA) is 88.6 Å². The number of nitrogens with one attached hydrogen (secondary N) is 1. The number of nitrogens with zero attached hydrogens (tertiary/aromatic N) is 2. The van der Waals surface area contributed by atoms with Crippen molar-refractivity contribution in [1.82, 2.24) is 15.4 Å². The lowest BCUT2D eigenvalue weighted by molar-refractivity contribution is -0.182. The summed E-state index contributed by atoms with van der Waals surface area (Å²) in [6, 6.07) is 13.9. The Bertz CT molecular complexity index is 881. The van der Waals surface area contributed by atoms with Crippen LogP contribution in [-0.4, -0.2) is 40.7 Å². The molecule has 2 amide bonds. The van der Waals surface area contributed by atoms with Crippen LogP contribution in [0, 0.1) is 11.3 Å². The van der Waals surface area contributed by atoms with Crippen LogP contribution in [0.3, 0.4) is 0 Å². The first kappa shape index (κ1) is 26.2. The summed E-state index contributed by atoms with van der Waals surface area (Å²) in [6.45, 7) is 8.09. The Labute approximate surface area is 196 Å². The maximum Gasteiger partial charge on any atom is 0.233 e. The van der Waals surface area contributed by atoms with E-state index in [1.807, 2.05) is 58.0 Å². The fourth-order valence-electron chi connectivity index (χ4n) is 3.42. The van der Waals surface area contributed by atoms with Gasteiger partial charge < -0.3 is 5.32 Å². The zero-order valence-corrected chi connectivity index (χ0v) is 20.0. The van der Waals surface area contributed by atoms with Crippen molar-refractivity contribution in [2.45, 2.75) is 59.6 Å². The number of unbranched alkanes of at least 4 members (excludes halogenated alkanes) is 1.